The first kappa shape index (κ1) is 24.0. The van der Waals surface area contributed by atoms with Gasteiger partial charge in [-0.2, -0.15) is 0 Å². The van der Waals surface area contributed by atoms with Gasteiger partial charge in [-0.15, -0.1) is 0 Å². The summed E-state index contributed by atoms with van der Waals surface area (Å²) in [5.41, 5.74) is 1.35. The number of aliphatic hydroxyl groups is 1. The molecule has 0 spiro atoms. The highest BCUT2D eigenvalue weighted by atomic mass is 79.9. The average Bonchev–Trinajstić information content (AvgIpc) is 3.03. The maximum Gasteiger partial charge on any atom is 0.295 e. The molecule has 1 saturated heterocycles. The number of hydrogen-bond donors (Lipinski definition) is 1. The summed E-state index contributed by atoms with van der Waals surface area (Å²) in [6.45, 7) is 3.71. The fraction of sp³-hybridized carbons (Fsp3) is 0.360. The lowest BCUT2D eigenvalue weighted by Crippen LogP contribution is -2.35. The Kier molecular flexibility index (Phi) is 8.10. The van der Waals surface area contributed by atoms with Crippen molar-refractivity contribution in [2.75, 3.05) is 33.8 Å². The number of likely N-dealkylation sites (N-methyl/N-ethyl adjacent to an activating group) is 1. The molecule has 0 radical (unpaired) electrons. The summed E-state index contributed by atoms with van der Waals surface area (Å²) < 4.78 is 6.60. The predicted molar refractivity (Wildman–Crippen MR) is 129 cm³/mol. The van der Waals surface area contributed by atoms with Crippen LogP contribution in [-0.4, -0.2) is 60.4 Å². The number of hydrogen-bond acceptors (Lipinski definition) is 5. The molecule has 3 rings (SSSR count). The van der Waals surface area contributed by atoms with Crippen LogP contribution < -0.4 is 4.74 Å². The highest BCUT2D eigenvalue weighted by molar-refractivity contribution is 9.10. The van der Waals surface area contributed by atoms with E-state index < -0.39 is 17.7 Å². The van der Waals surface area contributed by atoms with Crippen LogP contribution in [0.15, 0.2) is 58.6 Å². The minimum absolute atomic E-state index is 0.107. The predicted octanol–water partition coefficient (Wildman–Crippen LogP) is 4.61. The standard InChI is InChI=1S/C25H29BrN2O4/c1-4-5-16-32-20-12-8-17(9-13-20)22-21(23(29)18-6-10-19(26)11-7-18)24(30)25(31)28(22)15-14-27(2)3/h6-13,22,29H,4-5,14-16H2,1-3H3. The number of benzene rings is 2. The molecule has 1 atom stereocenters. The van der Waals surface area contributed by atoms with Gasteiger partial charge in [0, 0.05) is 23.1 Å². The fourth-order valence-corrected chi connectivity index (χ4v) is 3.87. The van der Waals surface area contributed by atoms with Crippen molar-refractivity contribution in [3.63, 3.8) is 0 Å². The number of ketones is 1. The number of amides is 1. The Morgan fingerprint density at radius 3 is 2.34 bits per heavy atom. The molecule has 1 aliphatic rings. The molecule has 0 aromatic heterocycles. The van der Waals surface area contributed by atoms with Crippen LogP contribution in [0.3, 0.4) is 0 Å². The first-order valence-electron chi connectivity index (χ1n) is 10.7. The van der Waals surface area contributed by atoms with E-state index in [1.807, 2.05) is 43.3 Å². The van der Waals surface area contributed by atoms with Crippen molar-refractivity contribution in [2.45, 2.75) is 25.8 Å². The lowest BCUT2D eigenvalue weighted by Gasteiger charge is -2.26. The van der Waals surface area contributed by atoms with Crippen LogP contribution in [0.1, 0.15) is 36.9 Å². The number of ether oxygens (including phenoxy) is 1. The molecule has 6 nitrogen and oxygen atoms in total. The number of rotatable bonds is 9. The van der Waals surface area contributed by atoms with Crippen molar-refractivity contribution in [3.05, 3.63) is 69.7 Å². The van der Waals surface area contributed by atoms with E-state index in [2.05, 4.69) is 22.9 Å². The Balaban J connectivity index is 2.02. The molecular weight excluding hydrogens is 472 g/mol. The number of halogens is 1. The third kappa shape index (κ3) is 5.40. The summed E-state index contributed by atoms with van der Waals surface area (Å²) >= 11 is 3.38. The molecule has 170 valence electrons. The number of aliphatic hydroxyl groups excluding tert-OH is 1. The fourth-order valence-electron chi connectivity index (χ4n) is 3.61. The molecule has 0 aliphatic carbocycles. The van der Waals surface area contributed by atoms with Crippen molar-refractivity contribution < 1.29 is 19.4 Å². The summed E-state index contributed by atoms with van der Waals surface area (Å²) in [7, 11) is 3.83. The van der Waals surface area contributed by atoms with E-state index in [1.54, 1.807) is 29.2 Å². The molecule has 1 fully saturated rings. The van der Waals surface area contributed by atoms with E-state index in [1.165, 1.54) is 0 Å². The Bertz CT molecular complexity index is 984. The smallest absolute Gasteiger partial charge is 0.295 e. The second-order valence-electron chi connectivity index (χ2n) is 8.07. The normalized spacial score (nSPS) is 17.9. The largest absolute Gasteiger partial charge is 0.507 e. The molecule has 32 heavy (non-hydrogen) atoms. The molecule has 1 N–H and O–H groups in total. The van der Waals surface area contributed by atoms with E-state index in [9.17, 15) is 14.7 Å². The molecular formula is C25H29BrN2O4. The van der Waals surface area contributed by atoms with E-state index in [-0.39, 0.29) is 11.3 Å². The van der Waals surface area contributed by atoms with Gasteiger partial charge in [-0.1, -0.05) is 53.5 Å². The van der Waals surface area contributed by atoms with E-state index in [0.29, 0.717) is 25.3 Å². The first-order chi connectivity index (χ1) is 15.3. The van der Waals surface area contributed by atoms with Crippen molar-refractivity contribution in [1.82, 2.24) is 9.80 Å². The monoisotopic (exact) mass is 500 g/mol. The zero-order valence-corrected chi connectivity index (χ0v) is 20.3. The van der Waals surface area contributed by atoms with E-state index in [4.69, 9.17) is 4.74 Å². The maximum absolute atomic E-state index is 13.0. The summed E-state index contributed by atoms with van der Waals surface area (Å²) in [6, 6.07) is 13.7. The molecule has 1 unspecified atom stereocenters. The van der Waals surface area contributed by atoms with Gasteiger partial charge in [-0.05, 0) is 50.3 Å². The maximum atomic E-state index is 13.0. The number of Topliss-reactive ketones (excluding diaryl/α,β-unsaturated/α-hetero) is 1. The molecule has 2 aromatic rings. The van der Waals surface area contributed by atoms with Gasteiger partial charge in [0.1, 0.15) is 11.5 Å². The Labute approximate surface area is 197 Å². The van der Waals surface area contributed by atoms with Crippen LogP contribution >= 0.6 is 15.9 Å². The van der Waals surface area contributed by atoms with E-state index >= 15 is 0 Å². The topological polar surface area (TPSA) is 70.1 Å². The van der Waals surface area contributed by atoms with Crippen LogP contribution in [0.2, 0.25) is 0 Å². The Hall–Kier alpha value is -2.64. The minimum atomic E-state index is -0.669. The van der Waals surface area contributed by atoms with Crippen molar-refractivity contribution in [1.29, 1.82) is 0 Å². The zero-order valence-electron chi connectivity index (χ0n) is 18.7. The summed E-state index contributed by atoms with van der Waals surface area (Å²) in [5.74, 6) is -0.701. The zero-order chi connectivity index (χ0) is 23.3. The molecule has 1 aliphatic heterocycles. The minimum Gasteiger partial charge on any atom is -0.507 e. The van der Waals surface area contributed by atoms with Gasteiger partial charge in [0.25, 0.3) is 11.7 Å². The number of unbranched alkanes of at least 4 members (excludes halogenated alkanes) is 1. The van der Waals surface area contributed by atoms with Crippen molar-refractivity contribution in [2.24, 2.45) is 0 Å². The number of carbonyl (C=O) groups excluding carboxylic acids is 2. The summed E-state index contributed by atoms with van der Waals surface area (Å²) in [4.78, 5) is 29.4. The quantitative estimate of drug-likeness (QED) is 0.235. The second kappa shape index (κ2) is 10.8. The van der Waals surface area contributed by atoms with E-state index in [0.717, 1.165) is 28.6 Å². The van der Waals surface area contributed by atoms with Crippen LogP contribution in [0, 0.1) is 0 Å². The highest BCUT2D eigenvalue weighted by Gasteiger charge is 2.45. The van der Waals surface area contributed by atoms with Crippen LogP contribution in [0.25, 0.3) is 5.76 Å². The molecule has 0 saturated carbocycles. The lowest BCUT2D eigenvalue weighted by atomic mass is 9.95. The van der Waals surface area contributed by atoms with Gasteiger partial charge in [0.05, 0.1) is 18.2 Å². The number of nitrogens with zero attached hydrogens (tertiary/aromatic N) is 2. The Morgan fingerprint density at radius 1 is 1.09 bits per heavy atom. The van der Waals surface area contributed by atoms with Crippen LogP contribution in [0.5, 0.6) is 5.75 Å². The van der Waals surface area contributed by atoms with Gasteiger partial charge >= 0.3 is 0 Å². The first-order valence-corrected chi connectivity index (χ1v) is 11.5. The summed E-state index contributed by atoms with van der Waals surface area (Å²) in [5, 5.41) is 11.1. The average molecular weight is 501 g/mol. The SMILES string of the molecule is CCCCOc1ccc(C2C(=C(O)c3ccc(Br)cc3)C(=O)C(=O)N2CCN(C)C)cc1. The number of carbonyl (C=O) groups is 2. The molecule has 1 heterocycles. The lowest BCUT2D eigenvalue weighted by molar-refractivity contribution is -0.140. The Morgan fingerprint density at radius 2 is 1.75 bits per heavy atom. The molecule has 7 heteroatoms. The van der Waals surface area contributed by atoms with Gasteiger partial charge < -0.3 is 19.6 Å². The molecule has 1 amide bonds. The third-order valence-corrected chi connectivity index (χ3v) is 5.94. The second-order valence-corrected chi connectivity index (χ2v) is 8.99. The van der Waals surface area contributed by atoms with Crippen molar-refractivity contribution in [3.8, 4) is 5.75 Å². The van der Waals surface area contributed by atoms with Gasteiger partial charge in [0.15, 0.2) is 0 Å². The molecule has 0 bridgehead atoms. The third-order valence-electron chi connectivity index (χ3n) is 5.41. The van der Waals surface area contributed by atoms with Crippen molar-refractivity contribution >= 4 is 33.4 Å². The van der Waals surface area contributed by atoms with Crippen LogP contribution in [-0.2, 0) is 9.59 Å². The molecule has 2 aromatic carbocycles. The summed E-state index contributed by atoms with van der Waals surface area (Å²) in [6.07, 6.45) is 2.02. The van der Waals surface area contributed by atoms with Crippen LogP contribution in [0.4, 0.5) is 0 Å². The highest BCUT2D eigenvalue weighted by Crippen LogP contribution is 2.39. The van der Waals surface area contributed by atoms with Gasteiger partial charge in [0.2, 0.25) is 0 Å². The van der Waals surface area contributed by atoms with Gasteiger partial charge in [-0.3, -0.25) is 9.59 Å². The van der Waals surface area contributed by atoms with Gasteiger partial charge in [-0.25, -0.2) is 0 Å². The number of likely N-dealkylation sites (tertiary alicyclic amines) is 1.